The highest BCUT2D eigenvalue weighted by molar-refractivity contribution is 7.80. The first-order valence-electron chi connectivity index (χ1n) is 7.15. The summed E-state index contributed by atoms with van der Waals surface area (Å²) in [4.78, 5) is 11.9. The van der Waals surface area contributed by atoms with E-state index in [2.05, 4.69) is 10.1 Å². The molecule has 0 atom stereocenters. The van der Waals surface area contributed by atoms with E-state index in [0.717, 1.165) is 5.56 Å². The smallest absolute Gasteiger partial charge is 0.387 e. The van der Waals surface area contributed by atoms with Gasteiger partial charge in [0.1, 0.15) is 5.75 Å². The number of alkyl halides is 2. The van der Waals surface area contributed by atoms with Crippen molar-refractivity contribution in [3.8, 4) is 5.75 Å². The fourth-order valence-corrected chi connectivity index (χ4v) is 2.19. The highest BCUT2D eigenvalue weighted by Crippen LogP contribution is 2.18. The second-order valence-corrected chi connectivity index (χ2v) is 5.50. The molecule has 6 nitrogen and oxygen atoms in total. The van der Waals surface area contributed by atoms with Gasteiger partial charge < -0.3 is 15.0 Å². The van der Waals surface area contributed by atoms with E-state index >= 15 is 0 Å². The summed E-state index contributed by atoms with van der Waals surface area (Å²) in [5.74, 6) is 0.0907. The average Bonchev–Trinajstić information content (AvgIpc) is 2.56. The molecule has 0 saturated heterocycles. The summed E-state index contributed by atoms with van der Waals surface area (Å²) < 4.78 is 28.5. The molecule has 0 aliphatic rings. The normalized spacial score (nSPS) is 10.4. The van der Waals surface area contributed by atoms with Gasteiger partial charge in [0, 0.05) is 31.4 Å². The number of nitro benzene ring substituents is 1. The molecule has 1 N–H and O–H groups in total. The monoisotopic (exact) mass is 367 g/mol. The molecule has 2 aromatic carbocycles. The van der Waals surface area contributed by atoms with Crippen LogP contribution in [0.15, 0.2) is 48.5 Å². The Bertz CT molecular complexity index is 739. The van der Waals surface area contributed by atoms with E-state index in [-0.39, 0.29) is 11.4 Å². The van der Waals surface area contributed by atoms with Crippen LogP contribution in [0.25, 0.3) is 0 Å². The van der Waals surface area contributed by atoms with E-state index in [1.807, 2.05) is 0 Å². The summed E-state index contributed by atoms with van der Waals surface area (Å²) >= 11 is 5.28. The third-order valence-electron chi connectivity index (χ3n) is 3.24. The van der Waals surface area contributed by atoms with Crippen molar-refractivity contribution in [2.45, 2.75) is 13.2 Å². The molecular formula is C16H15F2N3O3S. The molecule has 0 aliphatic carbocycles. The van der Waals surface area contributed by atoms with Gasteiger partial charge in [-0.05, 0) is 42.0 Å². The van der Waals surface area contributed by atoms with Crippen molar-refractivity contribution in [2.24, 2.45) is 0 Å². The third kappa shape index (κ3) is 5.64. The van der Waals surface area contributed by atoms with Gasteiger partial charge in [-0.25, -0.2) is 0 Å². The summed E-state index contributed by atoms with van der Waals surface area (Å²) in [7, 11) is 1.77. The number of halogens is 2. The Morgan fingerprint density at radius 2 is 1.84 bits per heavy atom. The van der Waals surface area contributed by atoms with Crippen molar-refractivity contribution in [1.29, 1.82) is 0 Å². The van der Waals surface area contributed by atoms with Gasteiger partial charge in [-0.2, -0.15) is 8.78 Å². The molecule has 0 unspecified atom stereocenters. The fourth-order valence-electron chi connectivity index (χ4n) is 2.01. The maximum atomic E-state index is 12.1. The lowest BCUT2D eigenvalue weighted by Gasteiger charge is -2.21. The minimum absolute atomic E-state index is 0.00377. The number of anilines is 1. The number of nitro groups is 1. The van der Waals surface area contributed by atoms with E-state index in [0.29, 0.717) is 17.3 Å². The van der Waals surface area contributed by atoms with Crippen LogP contribution in [0.1, 0.15) is 5.56 Å². The van der Waals surface area contributed by atoms with Gasteiger partial charge in [0.05, 0.1) is 4.92 Å². The first-order valence-corrected chi connectivity index (χ1v) is 7.56. The summed E-state index contributed by atoms with van der Waals surface area (Å²) in [6, 6.07) is 12.2. The molecule has 25 heavy (non-hydrogen) atoms. The molecule has 0 radical (unpaired) electrons. The second kappa shape index (κ2) is 8.34. The molecular weight excluding hydrogens is 352 g/mol. The van der Waals surface area contributed by atoms with E-state index < -0.39 is 11.5 Å². The first-order chi connectivity index (χ1) is 11.8. The summed E-state index contributed by atoms with van der Waals surface area (Å²) in [6.07, 6.45) is 0. The van der Waals surface area contributed by atoms with Gasteiger partial charge in [0.25, 0.3) is 5.69 Å². The number of nitrogens with one attached hydrogen (secondary N) is 1. The highest BCUT2D eigenvalue weighted by Gasteiger charge is 2.09. The van der Waals surface area contributed by atoms with Gasteiger partial charge in [0.2, 0.25) is 0 Å². The van der Waals surface area contributed by atoms with Gasteiger partial charge in [-0.15, -0.1) is 0 Å². The van der Waals surface area contributed by atoms with Crippen LogP contribution >= 0.6 is 12.2 Å². The largest absolute Gasteiger partial charge is 0.435 e. The van der Waals surface area contributed by atoms with Crippen molar-refractivity contribution in [3.63, 3.8) is 0 Å². The van der Waals surface area contributed by atoms with E-state index in [1.54, 1.807) is 36.2 Å². The number of benzene rings is 2. The maximum Gasteiger partial charge on any atom is 0.387 e. The zero-order chi connectivity index (χ0) is 18.4. The van der Waals surface area contributed by atoms with Crippen molar-refractivity contribution in [3.05, 3.63) is 64.2 Å². The number of nitrogens with zero attached hydrogens (tertiary/aromatic N) is 2. The van der Waals surface area contributed by atoms with Crippen molar-refractivity contribution >= 4 is 28.7 Å². The van der Waals surface area contributed by atoms with Gasteiger partial charge in [-0.1, -0.05) is 12.1 Å². The number of hydrogen-bond donors (Lipinski definition) is 1. The van der Waals surface area contributed by atoms with Crippen molar-refractivity contribution < 1.29 is 18.4 Å². The average molecular weight is 367 g/mol. The molecule has 2 aromatic rings. The van der Waals surface area contributed by atoms with E-state index in [9.17, 15) is 18.9 Å². The van der Waals surface area contributed by atoms with Crippen LogP contribution in [0, 0.1) is 10.1 Å². The van der Waals surface area contributed by atoms with E-state index in [4.69, 9.17) is 12.2 Å². The lowest BCUT2D eigenvalue weighted by atomic mass is 10.2. The molecule has 0 spiro atoms. The Labute approximate surface area is 148 Å². The first kappa shape index (κ1) is 18.5. The number of non-ortho nitro benzene ring substituents is 1. The summed E-state index contributed by atoms with van der Waals surface area (Å²) in [5, 5.41) is 14.0. The minimum atomic E-state index is -2.85. The van der Waals surface area contributed by atoms with Gasteiger partial charge in [-0.3, -0.25) is 10.1 Å². The zero-order valence-electron chi connectivity index (χ0n) is 13.2. The number of hydrogen-bond acceptors (Lipinski definition) is 4. The zero-order valence-corrected chi connectivity index (χ0v) is 14.0. The molecule has 2 rings (SSSR count). The van der Waals surface area contributed by atoms with Crippen LogP contribution in [0.4, 0.5) is 20.2 Å². The minimum Gasteiger partial charge on any atom is -0.435 e. The highest BCUT2D eigenvalue weighted by atomic mass is 32.1. The molecule has 0 fully saturated rings. The Hall–Kier alpha value is -2.81. The number of ether oxygens (including phenoxy) is 1. The molecule has 9 heteroatoms. The Morgan fingerprint density at radius 3 is 2.36 bits per heavy atom. The van der Waals surface area contributed by atoms with Gasteiger partial charge in [0.15, 0.2) is 5.11 Å². The van der Waals surface area contributed by atoms with Crippen LogP contribution in [0.5, 0.6) is 5.75 Å². The lowest BCUT2D eigenvalue weighted by Crippen LogP contribution is -2.30. The predicted octanol–water partition coefficient (Wildman–Crippen LogP) is 4.03. The van der Waals surface area contributed by atoms with Crippen LogP contribution in [-0.2, 0) is 6.54 Å². The molecule has 0 aliphatic heterocycles. The van der Waals surface area contributed by atoms with Crippen LogP contribution in [-0.4, -0.2) is 28.6 Å². The topological polar surface area (TPSA) is 67.6 Å². The standard InChI is InChI=1S/C16H15F2N3O3S/c1-20(10-11-2-8-14(9-3-11)24-15(17)18)16(25)19-12-4-6-13(7-5-12)21(22)23/h2-9,15H,10H2,1H3,(H,19,25). The molecule has 0 amide bonds. The van der Waals surface area contributed by atoms with Gasteiger partial charge >= 0.3 is 6.61 Å². The predicted molar refractivity (Wildman–Crippen MR) is 93.9 cm³/mol. The quantitative estimate of drug-likeness (QED) is 0.472. The molecule has 0 aromatic heterocycles. The SMILES string of the molecule is CN(Cc1ccc(OC(F)F)cc1)C(=S)Nc1ccc([N+](=O)[O-])cc1. The molecule has 0 bridgehead atoms. The summed E-state index contributed by atoms with van der Waals surface area (Å²) in [6.45, 7) is -2.40. The number of thiocarbonyl (C=S) groups is 1. The summed E-state index contributed by atoms with van der Waals surface area (Å²) in [5.41, 5.74) is 1.48. The van der Waals surface area contributed by atoms with Crippen LogP contribution in [0.2, 0.25) is 0 Å². The molecule has 0 heterocycles. The fraction of sp³-hybridized carbons (Fsp3) is 0.188. The number of rotatable bonds is 6. The Balaban J connectivity index is 1.92. The van der Waals surface area contributed by atoms with Crippen LogP contribution in [0.3, 0.4) is 0 Å². The van der Waals surface area contributed by atoms with Crippen LogP contribution < -0.4 is 10.1 Å². The molecule has 132 valence electrons. The van der Waals surface area contributed by atoms with Crippen molar-refractivity contribution in [1.82, 2.24) is 4.90 Å². The van der Waals surface area contributed by atoms with E-state index in [1.165, 1.54) is 24.3 Å². The maximum absolute atomic E-state index is 12.1. The third-order valence-corrected chi connectivity index (χ3v) is 3.66. The lowest BCUT2D eigenvalue weighted by molar-refractivity contribution is -0.384. The molecule has 0 saturated carbocycles. The van der Waals surface area contributed by atoms with Crippen molar-refractivity contribution in [2.75, 3.05) is 12.4 Å². The second-order valence-electron chi connectivity index (χ2n) is 5.11. The Morgan fingerprint density at radius 1 is 1.24 bits per heavy atom. The Kier molecular flexibility index (Phi) is 6.18.